The van der Waals surface area contributed by atoms with Crippen molar-refractivity contribution in [3.63, 3.8) is 0 Å². The predicted octanol–water partition coefficient (Wildman–Crippen LogP) is 1.63. The normalized spacial score (nSPS) is 15.1. The molecule has 0 aliphatic carbocycles. The molecule has 23 heavy (non-hydrogen) atoms. The number of nitrogens with one attached hydrogen (secondary N) is 2. The van der Waals surface area contributed by atoms with E-state index in [4.69, 9.17) is 4.74 Å². The summed E-state index contributed by atoms with van der Waals surface area (Å²) in [7, 11) is 0. The third-order valence-corrected chi connectivity index (χ3v) is 3.88. The number of piperazine rings is 1. The summed E-state index contributed by atoms with van der Waals surface area (Å²) in [6, 6.07) is 7.93. The van der Waals surface area contributed by atoms with Crippen LogP contribution in [0.5, 0.6) is 5.75 Å². The molecule has 1 amide bonds. The van der Waals surface area contributed by atoms with Crippen LogP contribution in [0.15, 0.2) is 24.3 Å². The highest BCUT2D eigenvalue weighted by atomic mass is 35.5. The Morgan fingerprint density at radius 2 is 1.91 bits per heavy atom. The highest BCUT2D eigenvalue weighted by Gasteiger charge is 2.09. The maximum Gasteiger partial charge on any atom is 0.257 e. The molecular weight excluding hydrogens is 314 g/mol. The summed E-state index contributed by atoms with van der Waals surface area (Å²) in [5.41, 5.74) is 1.27. The van der Waals surface area contributed by atoms with Crippen LogP contribution in [0, 0.1) is 0 Å². The Morgan fingerprint density at radius 3 is 2.52 bits per heavy atom. The van der Waals surface area contributed by atoms with Gasteiger partial charge >= 0.3 is 0 Å². The van der Waals surface area contributed by atoms with Crippen molar-refractivity contribution in [1.29, 1.82) is 0 Å². The van der Waals surface area contributed by atoms with Crippen molar-refractivity contribution in [1.82, 2.24) is 15.5 Å². The van der Waals surface area contributed by atoms with Gasteiger partial charge in [-0.25, -0.2) is 0 Å². The van der Waals surface area contributed by atoms with Crippen molar-refractivity contribution in [3.05, 3.63) is 29.8 Å². The molecule has 5 nitrogen and oxygen atoms in total. The fourth-order valence-corrected chi connectivity index (χ4v) is 2.44. The first kappa shape index (κ1) is 19.7. The lowest BCUT2D eigenvalue weighted by Gasteiger charge is -2.27. The van der Waals surface area contributed by atoms with Gasteiger partial charge in [0.15, 0.2) is 6.61 Å². The fourth-order valence-electron chi connectivity index (χ4n) is 2.44. The molecule has 0 bridgehead atoms. The number of hydrogen-bond donors (Lipinski definition) is 2. The van der Waals surface area contributed by atoms with Gasteiger partial charge in [-0.1, -0.05) is 26.0 Å². The molecule has 0 spiro atoms. The molecule has 2 N–H and O–H groups in total. The number of rotatable bonds is 7. The van der Waals surface area contributed by atoms with E-state index in [2.05, 4.69) is 29.4 Å². The summed E-state index contributed by atoms with van der Waals surface area (Å²) in [5.74, 6) is 1.17. The van der Waals surface area contributed by atoms with Crippen molar-refractivity contribution in [2.45, 2.75) is 19.8 Å². The SMILES string of the molecule is CC(C)c1ccc(OCC(=O)NCCN2CCNCC2)cc1.Cl. The second-order valence-corrected chi connectivity index (χ2v) is 5.95. The number of carbonyl (C=O) groups excluding carboxylic acids is 1. The lowest BCUT2D eigenvalue weighted by Crippen LogP contribution is -2.46. The highest BCUT2D eigenvalue weighted by Crippen LogP contribution is 2.18. The van der Waals surface area contributed by atoms with E-state index in [1.807, 2.05) is 24.3 Å². The van der Waals surface area contributed by atoms with E-state index < -0.39 is 0 Å². The van der Waals surface area contributed by atoms with Gasteiger partial charge in [-0.15, -0.1) is 12.4 Å². The first-order valence-electron chi connectivity index (χ1n) is 8.07. The molecule has 1 aromatic rings. The Hall–Kier alpha value is -1.30. The maximum atomic E-state index is 11.8. The van der Waals surface area contributed by atoms with Crippen LogP contribution in [0.3, 0.4) is 0 Å². The summed E-state index contributed by atoms with van der Waals surface area (Å²) in [6.07, 6.45) is 0. The molecular formula is C17H28ClN3O2. The monoisotopic (exact) mass is 341 g/mol. The largest absolute Gasteiger partial charge is 0.484 e. The minimum Gasteiger partial charge on any atom is -0.484 e. The van der Waals surface area contributed by atoms with Crippen LogP contribution in [0.2, 0.25) is 0 Å². The molecule has 1 heterocycles. The zero-order valence-electron chi connectivity index (χ0n) is 14.0. The average molecular weight is 342 g/mol. The van der Waals surface area contributed by atoms with Gasteiger partial charge in [-0.2, -0.15) is 0 Å². The van der Waals surface area contributed by atoms with Crippen LogP contribution < -0.4 is 15.4 Å². The van der Waals surface area contributed by atoms with E-state index in [0.717, 1.165) is 38.5 Å². The second kappa shape index (κ2) is 10.5. The number of benzene rings is 1. The lowest BCUT2D eigenvalue weighted by atomic mass is 10.0. The average Bonchev–Trinajstić information content (AvgIpc) is 2.54. The van der Waals surface area contributed by atoms with Gasteiger partial charge < -0.3 is 15.4 Å². The lowest BCUT2D eigenvalue weighted by molar-refractivity contribution is -0.123. The van der Waals surface area contributed by atoms with Gasteiger partial charge in [0.1, 0.15) is 5.75 Å². The summed E-state index contributed by atoms with van der Waals surface area (Å²) in [4.78, 5) is 14.1. The van der Waals surface area contributed by atoms with Crippen LogP contribution in [0.25, 0.3) is 0 Å². The number of halogens is 1. The molecule has 0 saturated carbocycles. The van der Waals surface area contributed by atoms with Gasteiger partial charge in [0.2, 0.25) is 0 Å². The summed E-state index contributed by atoms with van der Waals surface area (Å²) in [5, 5.41) is 6.22. The van der Waals surface area contributed by atoms with Crippen molar-refractivity contribution in [3.8, 4) is 5.75 Å². The number of hydrogen-bond acceptors (Lipinski definition) is 4. The van der Waals surface area contributed by atoms with E-state index in [-0.39, 0.29) is 24.9 Å². The Labute approximate surface area is 145 Å². The second-order valence-electron chi connectivity index (χ2n) is 5.95. The van der Waals surface area contributed by atoms with E-state index >= 15 is 0 Å². The minimum absolute atomic E-state index is 0. The summed E-state index contributed by atoms with van der Waals surface area (Å²) >= 11 is 0. The molecule has 1 aliphatic heterocycles. The molecule has 0 unspecified atom stereocenters. The fraction of sp³-hybridized carbons (Fsp3) is 0.588. The Morgan fingerprint density at radius 1 is 1.26 bits per heavy atom. The van der Waals surface area contributed by atoms with Crippen molar-refractivity contribution in [2.75, 3.05) is 45.9 Å². The summed E-state index contributed by atoms with van der Waals surface area (Å²) in [6.45, 7) is 10.1. The molecule has 6 heteroatoms. The molecule has 1 fully saturated rings. The zero-order valence-corrected chi connectivity index (χ0v) is 14.8. The van der Waals surface area contributed by atoms with Crippen LogP contribution in [-0.2, 0) is 4.79 Å². The molecule has 130 valence electrons. The number of nitrogens with zero attached hydrogens (tertiary/aromatic N) is 1. The maximum absolute atomic E-state index is 11.8. The Balaban J connectivity index is 0.00000264. The van der Waals surface area contributed by atoms with Crippen LogP contribution in [-0.4, -0.2) is 56.7 Å². The first-order valence-corrected chi connectivity index (χ1v) is 8.07. The molecule has 0 aromatic heterocycles. The number of carbonyl (C=O) groups is 1. The topological polar surface area (TPSA) is 53.6 Å². The summed E-state index contributed by atoms with van der Waals surface area (Å²) < 4.78 is 5.51. The van der Waals surface area contributed by atoms with Gasteiger partial charge in [0, 0.05) is 39.3 Å². The molecule has 0 radical (unpaired) electrons. The molecule has 1 saturated heterocycles. The van der Waals surface area contributed by atoms with Gasteiger partial charge in [0.05, 0.1) is 0 Å². The number of amides is 1. The van der Waals surface area contributed by atoms with Crippen molar-refractivity contribution < 1.29 is 9.53 Å². The van der Waals surface area contributed by atoms with Crippen LogP contribution >= 0.6 is 12.4 Å². The third kappa shape index (κ3) is 7.20. The van der Waals surface area contributed by atoms with Crippen molar-refractivity contribution in [2.24, 2.45) is 0 Å². The minimum atomic E-state index is -0.0666. The smallest absolute Gasteiger partial charge is 0.257 e. The molecule has 0 atom stereocenters. The van der Waals surface area contributed by atoms with Gasteiger partial charge in [-0.3, -0.25) is 9.69 Å². The first-order chi connectivity index (χ1) is 10.6. The van der Waals surface area contributed by atoms with Gasteiger partial charge in [-0.05, 0) is 23.6 Å². The standard InChI is InChI=1S/C17H27N3O2.ClH/c1-14(2)15-3-5-16(6-4-15)22-13-17(21)19-9-12-20-10-7-18-8-11-20;/h3-6,14,18H,7-13H2,1-2H3,(H,19,21);1H. The van der Waals surface area contributed by atoms with Crippen molar-refractivity contribution >= 4 is 18.3 Å². The zero-order chi connectivity index (χ0) is 15.8. The van der Waals surface area contributed by atoms with E-state index in [9.17, 15) is 4.79 Å². The predicted molar refractivity (Wildman–Crippen MR) is 95.6 cm³/mol. The molecule has 1 aliphatic rings. The highest BCUT2D eigenvalue weighted by molar-refractivity contribution is 5.85. The van der Waals surface area contributed by atoms with E-state index in [1.165, 1.54) is 5.56 Å². The van der Waals surface area contributed by atoms with Crippen LogP contribution in [0.4, 0.5) is 0 Å². The molecule has 1 aromatic carbocycles. The van der Waals surface area contributed by atoms with E-state index in [0.29, 0.717) is 12.5 Å². The van der Waals surface area contributed by atoms with Crippen LogP contribution in [0.1, 0.15) is 25.3 Å². The van der Waals surface area contributed by atoms with Gasteiger partial charge in [0.25, 0.3) is 5.91 Å². The Kier molecular flexibility index (Phi) is 8.99. The molecule has 2 rings (SSSR count). The quantitative estimate of drug-likeness (QED) is 0.791. The van der Waals surface area contributed by atoms with E-state index in [1.54, 1.807) is 0 Å². The Bertz CT molecular complexity index is 459. The number of ether oxygens (including phenoxy) is 1. The third-order valence-electron chi connectivity index (χ3n) is 3.88.